The Kier molecular flexibility index (Phi) is 3.68. The van der Waals surface area contributed by atoms with Crippen molar-refractivity contribution >= 4 is 11.6 Å². The van der Waals surface area contributed by atoms with Gasteiger partial charge in [0.15, 0.2) is 0 Å². The molecule has 1 aliphatic carbocycles. The molecule has 0 aromatic carbocycles. The number of nitrogens with one attached hydrogen (secondary N) is 1. The van der Waals surface area contributed by atoms with Crippen LogP contribution in [0.5, 0.6) is 0 Å². The fraction of sp³-hybridized carbons (Fsp3) is 0.750. The third kappa shape index (κ3) is 2.54. The van der Waals surface area contributed by atoms with Crippen LogP contribution in [0, 0.1) is 6.92 Å². The molecule has 1 aromatic rings. The highest BCUT2D eigenvalue weighted by atomic mass is 35.5. The van der Waals surface area contributed by atoms with Crippen molar-refractivity contribution in [3.8, 4) is 0 Å². The summed E-state index contributed by atoms with van der Waals surface area (Å²) in [4.78, 5) is 8.03. The molecule has 0 radical (unpaired) electrons. The zero-order valence-electron chi connectivity index (χ0n) is 9.35. The monoisotopic (exact) mass is 226 g/mol. The Morgan fingerprint density at radius 1 is 1.33 bits per heavy atom. The molecule has 0 atom stereocenters. The van der Waals surface area contributed by atoms with E-state index in [2.05, 4.69) is 16.9 Å². The van der Waals surface area contributed by atoms with Gasteiger partial charge in [0.05, 0.1) is 5.69 Å². The Balaban J connectivity index is 2.11. The van der Waals surface area contributed by atoms with E-state index in [0.29, 0.717) is 11.8 Å². The maximum atomic E-state index is 5.72. The molecule has 2 rings (SSSR count). The van der Waals surface area contributed by atoms with Crippen LogP contribution in [0.2, 0.25) is 0 Å². The van der Waals surface area contributed by atoms with Crippen LogP contribution in [0.4, 0.5) is 0 Å². The van der Waals surface area contributed by atoms with Gasteiger partial charge in [0, 0.05) is 23.9 Å². The number of H-pyrrole nitrogens is 1. The molecule has 1 aromatic heterocycles. The molecule has 1 saturated carbocycles. The molecule has 0 aliphatic heterocycles. The van der Waals surface area contributed by atoms with Crippen molar-refractivity contribution in [3.05, 3.63) is 17.2 Å². The molecule has 84 valence electrons. The van der Waals surface area contributed by atoms with Crippen molar-refractivity contribution in [2.24, 2.45) is 0 Å². The molecule has 0 unspecified atom stereocenters. The Bertz CT molecular complexity index is 313. The van der Waals surface area contributed by atoms with E-state index in [-0.39, 0.29) is 0 Å². The van der Waals surface area contributed by atoms with Gasteiger partial charge in [-0.2, -0.15) is 0 Å². The highest BCUT2D eigenvalue weighted by Gasteiger charge is 2.20. The highest BCUT2D eigenvalue weighted by Crippen LogP contribution is 2.33. The molecule has 3 heteroatoms. The zero-order chi connectivity index (χ0) is 10.7. The predicted octanol–water partition coefficient (Wildman–Crippen LogP) is 3.55. The average molecular weight is 227 g/mol. The first-order valence-electron chi connectivity index (χ1n) is 5.92. The van der Waals surface area contributed by atoms with E-state index in [1.54, 1.807) is 0 Å². The lowest BCUT2D eigenvalue weighted by molar-refractivity contribution is 0.436. The minimum atomic E-state index is 0.650. The van der Waals surface area contributed by atoms with Gasteiger partial charge in [0.25, 0.3) is 0 Å². The predicted molar refractivity (Wildman–Crippen MR) is 63.6 cm³/mol. The molecule has 0 saturated heterocycles. The van der Waals surface area contributed by atoms with Crippen LogP contribution >= 0.6 is 11.6 Å². The van der Waals surface area contributed by atoms with Crippen molar-refractivity contribution in [3.63, 3.8) is 0 Å². The maximum Gasteiger partial charge on any atom is 0.107 e. The lowest BCUT2D eigenvalue weighted by Crippen LogP contribution is -2.06. The number of aromatic nitrogens is 2. The minimum absolute atomic E-state index is 0.650. The van der Waals surface area contributed by atoms with E-state index in [1.165, 1.54) is 43.5 Å². The molecule has 1 N–H and O–H groups in total. The second-order valence-corrected chi connectivity index (χ2v) is 4.85. The lowest BCUT2D eigenvalue weighted by atomic mass is 9.86. The number of halogens is 1. The van der Waals surface area contributed by atoms with Crippen molar-refractivity contribution in [2.75, 3.05) is 5.88 Å². The largest absolute Gasteiger partial charge is 0.346 e. The van der Waals surface area contributed by atoms with Crippen LogP contribution in [0.3, 0.4) is 0 Å². The second-order valence-electron chi connectivity index (χ2n) is 4.47. The summed E-state index contributed by atoms with van der Waals surface area (Å²) in [7, 11) is 0. The van der Waals surface area contributed by atoms with Crippen molar-refractivity contribution < 1.29 is 0 Å². The number of hydrogen-bond acceptors (Lipinski definition) is 1. The molecule has 0 bridgehead atoms. The summed E-state index contributed by atoms with van der Waals surface area (Å²) in [6.45, 7) is 2.13. The van der Waals surface area contributed by atoms with Crippen LogP contribution in [0.15, 0.2) is 0 Å². The van der Waals surface area contributed by atoms with Gasteiger partial charge in [-0.15, -0.1) is 11.6 Å². The van der Waals surface area contributed by atoms with E-state index in [1.807, 2.05) is 0 Å². The van der Waals surface area contributed by atoms with Crippen LogP contribution in [-0.4, -0.2) is 15.8 Å². The average Bonchev–Trinajstić information content (AvgIpc) is 2.61. The second kappa shape index (κ2) is 5.02. The van der Waals surface area contributed by atoms with Gasteiger partial charge in [-0.1, -0.05) is 19.3 Å². The number of nitrogens with zero attached hydrogens (tertiary/aromatic N) is 1. The number of imidazole rings is 1. The molecular weight excluding hydrogens is 208 g/mol. The molecular formula is C12H19ClN2. The first-order chi connectivity index (χ1) is 7.31. The van der Waals surface area contributed by atoms with Gasteiger partial charge < -0.3 is 4.98 Å². The SMILES string of the molecule is Cc1[nH]c(CCCl)nc1C1CCCCC1. The first kappa shape index (κ1) is 11.0. The summed E-state index contributed by atoms with van der Waals surface area (Å²) in [5.74, 6) is 2.40. The van der Waals surface area contributed by atoms with Crippen molar-refractivity contribution in [1.29, 1.82) is 0 Å². The van der Waals surface area contributed by atoms with E-state index in [9.17, 15) is 0 Å². The maximum absolute atomic E-state index is 5.72. The lowest BCUT2D eigenvalue weighted by Gasteiger charge is -2.20. The van der Waals surface area contributed by atoms with Gasteiger partial charge >= 0.3 is 0 Å². The van der Waals surface area contributed by atoms with E-state index in [4.69, 9.17) is 11.6 Å². The molecule has 1 aliphatic rings. The van der Waals surface area contributed by atoms with E-state index < -0.39 is 0 Å². The number of aromatic amines is 1. The fourth-order valence-electron chi connectivity index (χ4n) is 2.52. The normalized spacial score (nSPS) is 18.3. The Morgan fingerprint density at radius 2 is 2.07 bits per heavy atom. The molecule has 2 nitrogen and oxygen atoms in total. The molecule has 15 heavy (non-hydrogen) atoms. The fourth-order valence-corrected chi connectivity index (χ4v) is 2.70. The highest BCUT2D eigenvalue weighted by molar-refractivity contribution is 6.17. The molecule has 1 fully saturated rings. The first-order valence-corrected chi connectivity index (χ1v) is 6.46. The van der Waals surface area contributed by atoms with Crippen LogP contribution in [0.25, 0.3) is 0 Å². The standard InChI is InChI=1S/C12H19ClN2/c1-9-12(10-5-3-2-4-6-10)15-11(14-9)7-8-13/h10H,2-8H2,1H3,(H,14,15). The summed E-state index contributed by atoms with van der Waals surface area (Å²) < 4.78 is 0. The Morgan fingerprint density at radius 3 is 2.73 bits per heavy atom. The van der Waals surface area contributed by atoms with Crippen molar-refractivity contribution in [2.45, 2.75) is 51.4 Å². The van der Waals surface area contributed by atoms with Gasteiger partial charge in [0.2, 0.25) is 0 Å². The van der Waals surface area contributed by atoms with Crippen molar-refractivity contribution in [1.82, 2.24) is 9.97 Å². The Labute approximate surface area is 96.4 Å². The number of aryl methyl sites for hydroxylation is 2. The van der Waals surface area contributed by atoms with Gasteiger partial charge in [-0.3, -0.25) is 0 Å². The minimum Gasteiger partial charge on any atom is -0.346 e. The summed E-state index contributed by atoms with van der Waals surface area (Å²) in [6, 6.07) is 0. The summed E-state index contributed by atoms with van der Waals surface area (Å²) in [5, 5.41) is 0. The van der Waals surface area contributed by atoms with Gasteiger partial charge in [-0.05, 0) is 19.8 Å². The number of alkyl halides is 1. The molecule has 0 spiro atoms. The summed E-state index contributed by atoms with van der Waals surface area (Å²) >= 11 is 5.72. The number of hydrogen-bond donors (Lipinski definition) is 1. The van der Waals surface area contributed by atoms with Gasteiger partial charge in [-0.25, -0.2) is 4.98 Å². The zero-order valence-corrected chi connectivity index (χ0v) is 10.1. The molecule has 1 heterocycles. The number of rotatable bonds is 3. The van der Waals surface area contributed by atoms with Crippen LogP contribution in [-0.2, 0) is 6.42 Å². The topological polar surface area (TPSA) is 28.7 Å². The van der Waals surface area contributed by atoms with Crippen LogP contribution in [0.1, 0.15) is 55.2 Å². The van der Waals surface area contributed by atoms with Gasteiger partial charge in [0.1, 0.15) is 5.82 Å². The quantitative estimate of drug-likeness (QED) is 0.785. The third-order valence-corrected chi connectivity index (χ3v) is 3.48. The summed E-state index contributed by atoms with van der Waals surface area (Å²) in [5.41, 5.74) is 2.55. The molecule has 0 amide bonds. The smallest absolute Gasteiger partial charge is 0.107 e. The third-order valence-electron chi connectivity index (χ3n) is 3.29. The summed E-state index contributed by atoms with van der Waals surface area (Å²) in [6.07, 6.45) is 7.60. The van der Waals surface area contributed by atoms with Crippen LogP contribution < -0.4 is 0 Å². The van der Waals surface area contributed by atoms with E-state index >= 15 is 0 Å². The van der Waals surface area contributed by atoms with E-state index in [0.717, 1.165) is 12.2 Å². The Hall–Kier alpha value is -0.500.